The molecule has 4 nitrogen and oxygen atoms in total. The van der Waals surface area contributed by atoms with Crippen molar-refractivity contribution in [3.63, 3.8) is 0 Å². The van der Waals surface area contributed by atoms with E-state index in [0.29, 0.717) is 11.4 Å². The molecule has 0 aliphatic rings. The molecule has 0 aliphatic heterocycles. The third-order valence-corrected chi connectivity index (χ3v) is 3.75. The molecule has 0 spiro atoms. The Morgan fingerprint density at radius 3 is 2.35 bits per heavy atom. The Labute approximate surface area is 134 Å². The SMILES string of the molecule is COc1cc(-n2ccc(-c3ccc(C)cc3)cc2=O)ccc1O. The van der Waals surface area contributed by atoms with Gasteiger partial charge in [0.1, 0.15) is 0 Å². The summed E-state index contributed by atoms with van der Waals surface area (Å²) in [6.45, 7) is 2.03. The molecule has 23 heavy (non-hydrogen) atoms. The molecule has 3 aromatic rings. The molecule has 0 atom stereocenters. The van der Waals surface area contributed by atoms with Gasteiger partial charge in [0, 0.05) is 18.3 Å². The van der Waals surface area contributed by atoms with Crippen LogP contribution in [0.3, 0.4) is 0 Å². The van der Waals surface area contributed by atoms with Crippen LogP contribution in [0, 0.1) is 6.92 Å². The molecule has 1 heterocycles. The second-order valence-electron chi connectivity index (χ2n) is 5.35. The minimum absolute atomic E-state index is 0.0422. The quantitative estimate of drug-likeness (QED) is 0.805. The van der Waals surface area contributed by atoms with E-state index >= 15 is 0 Å². The van der Waals surface area contributed by atoms with E-state index in [9.17, 15) is 9.90 Å². The van der Waals surface area contributed by atoms with Gasteiger partial charge in [-0.1, -0.05) is 29.8 Å². The van der Waals surface area contributed by atoms with Gasteiger partial charge in [0.15, 0.2) is 11.5 Å². The lowest BCUT2D eigenvalue weighted by atomic mass is 10.1. The number of aromatic nitrogens is 1. The van der Waals surface area contributed by atoms with Gasteiger partial charge in [-0.05, 0) is 36.2 Å². The summed E-state index contributed by atoms with van der Waals surface area (Å²) < 4.78 is 6.60. The molecule has 0 unspecified atom stereocenters. The molecule has 116 valence electrons. The third-order valence-electron chi connectivity index (χ3n) is 3.75. The topological polar surface area (TPSA) is 51.5 Å². The average molecular weight is 307 g/mol. The van der Waals surface area contributed by atoms with Gasteiger partial charge in [0.25, 0.3) is 5.56 Å². The minimum Gasteiger partial charge on any atom is -0.504 e. The summed E-state index contributed by atoms with van der Waals surface area (Å²) in [6.07, 6.45) is 1.73. The van der Waals surface area contributed by atoms with Gasteiger partial charge >= 0.3 is 0 Å². The number of rotatable bonds is 3. The van der Waals surface area contributed by atoms with Crippen LogP contribution in [0.1, 0.15) is 5.56 Å². The Balaban J connectivity index is 2.03. The predicted octanol–water partition coefficient (Wildman–Crippen LogP) is 3.53. The number of phenolic OH excluding ortho intramolecular Hbond substituents is 1. The maximum atomic E-state index is 12.4. The summed E-state index contributed by atoms with van der Waals surface area (Å²) in [4.78, 5) is 12.4. The Bertz CT molecular complexity index is 895. The van der Waals surface area contributed by atoms with Crippen molar-refractivity contribution in [3.8, 4) is 28.3 Å². The van der Waals surface area contributed by atoms with E-state index in [0.717, 1.165) is 11.1 Å². The number of ether oxygens (including phenoxy) is 1. The van der Waals surface area contributed by atoms with Crippen molar-refractivity contribution >= 4 is 0 Å². The highest BCUT2D eigenvalue weighted by Crippen LogP contribution is 2.27. The van der Waals surface area contributed by atoms with Crippen molar-refractivity contribution in [3.05, 3.63) is 76.7 Å². The summed E-state index contributed by atoms with van der Waals surface area (Å²) in [5.74, 6) is 0.373. The van der Waals surface area contributed by atoms with Crippen molar-refractivity contribution in [1.82, 2.24) is 4.57 Å². The zero-order valence-electron chi connectivity index (χ0n) is 13.0. The van der Waals surface area contributed by atoms with Gasteiger partial charge in [-0.2, -0.15) is 0 Å². The maximum Gasteiger partial charge on any atom is 0.255 e. The van der Waals surface area contributed by atoms with Crippen molar-refractivity contribution in [2.45, 2.75) is 6.92 Å². The van der Waals surface area contributed by atoms with Crippen LogP contribution < -0.4 is 10.3 Å². The van der Waals surface area contributed by atoms with Crippen LogP contribution in [-0.2, 0) is 0 Å². The number of hydrogen-bond donors (Lipinski definition) is 1. The highest BCUT2D eigenvalue weighted by molar-refractivity contribution is 5.63. The molecule has 4 heteroatoms. The van der Waals surface area contributed by atoms with E-state index in [-0.39, 0.29) is 11.3 Å². The minimum atomic E-state index is -0.143. The first-order valence-electron chi connectivity index (χ1n) is 7.25. The lowest BCUT2D eigenvalue weighted by Gasteiger charge is -2.10. The smallest absolute Gasteiger partial charge is 0.255 e. The third kappa shape index (κ3) is 2.97. The van der Waals surface area contributed by atoms with Crippen LogP contribution >= 0.6 is 0 Å². The molecule has 0 saturated carbocycles. The van der Waals surface area contributed by atoms with Crippen LogP contribution in [0.15, 0.2) is 65.6 Å². The molecule has 1 aromatic heterocycles. The monoisotopic (exact) mass is 307 g/mol. The van der Waals surface area contributed by atoms with Gasteiger partial charge in [-0.3, -0.25) is 9.36 Å². The second-order valence-corrected chi connectivity index (χ2v) is 5.35. The molecule has 1 N–H and O–H groups in total. The van der Waals surface area contributed by atoms with Gasteiger partial charge < -0.3 is 9.84 Å². The van der Waals surface area contributed by atoms with Crippen molar-refractivity contribution in [1.29, 1.82) is 0 Å². The van der Waals surface area contributed by atoms with E-state index in [1.165, 1.54) is 23.3 Å². The molecule has 0 bridgehead atoms. The Morgan fingerprint density at radius 2 is 1.70 bits per heavy atom. The Kier molecular flexibility index (Phi) is 3.89. The number of phenols is 1. The highest BCUT2D eigenvalue weighted by Gasteiger charge is 2.07. The Hall–Kier alpha value is -3.01. The summed E-state index contributed by atoms with van der Waals surface area (Å²) in [5, 5.41) is 9.65. The summed E-state index contributed by atoms with van der Waals surface area (Å²) in [5.41, 5.74) is 3.55. The fourth-order valence-electron chi connectivity index (χ4n) is 2.43. The Morgan fingerprint density at radius 1 is 0.957 bits per heavy atom. The number of aryl methyl sites for hydroxylation is 1. The zero-order valence-corrected chi connectivity index (χ0v) is 13.0. The van der Waals surface area contributed by atoms with Crippen LogP contribution in [0.25, 0.3) is 16.8 Å². The van der Waals surface area contributed by atoms with Crippen LogP contribution in [-0.4, -0.2) is 16.8 Å². The zero-order chi connectivity index (χ0) is 16.4. The van der Waals surface area contributed by atoms with E-state index < -0.39 is 0 Å². The number of nitrogens with zero attached hydrogens (tertiary/aromatic N) is 1. The average Bonchev–Trinajstić information content (AvgIpc) is 2.56. The van der Waals surface area contributed by atoms with E-state index in [1.807, 2.05) is 37.3 Å². The first-order chi connectivity index (χ1) is 11.1. The molecule has 0 amide bonds. The lowest BCUT2D eigenvalue weighted by molar-refractivity contribution is 0.373. The predicted molar refractivity (Wildman–Crippen MR) is 90.4 cm³/mol. The fraction of sp³-hybridized carbons (Fsp3) is 0.105. The number of benzene rings is 2. The first-order valence-corrected chi connectivity index (χ1v) is 7.25. The fourth-order valence-corrected chi connectivity index (χ4v) is 2.43. The molecule has 0 aliphatic carbocycles. The lowest BCUT2D eigenvalue weighted by Crippen LogP contribution is -2.16. The number of pyridine rings is 1. The molecule has 3 rings (SSSR count). The van der Waals surface area contributed by atoms with Crippen LogP contribution in [0.2, 0.25) is 0 Å². The van der Waals surface area contributed by atoms with Crippen LogP contribution in [0.5, 0.6) is 11.5 Å². The standard InChI is InChI=1S/C19H17NO3/c1-13-3-5-14(6-4-13)15-9-10-20(19(22)11-15)16-7-8-17(21)18(12-16)23-2/h3-12,21H,1-2H3. The molecule has 2 aromatic carbocycles. The molecular formula is C19H17NO3. The summed E-state index contributed by atoms with van der Waals surface area (Å²) in [6, 6.07) is 16.3. The molecule has 0 saturated heterocycles. The van der Waals surface area contributed by atoms with E-state index in [4.69, 9.17) is 4.74 Å². The molecular weight excluding hydrogens is 290 g/mol. The summed E-state index contributed by atoms with van der Waals surface area (Å²) >= 11 is 0. The van der Waals surface area contributed by atoms with Gasteiger partial charge in [-0.25, -0.2) is 0 Å². The van der Waals surface area contributed by atoms with Crippen LogP contribution in [0.4, 0.5) is 0 Å². The highest BCUT2D eigenvalue weighted by atomic mass is 16.5. The molecule has 0 radical (unpaired) electrons. The summed E-state index contributed by atoms with van der Waals surface area (Å²) in [7, 11) is 1.47. The van der Waals surface area contributed by atoms with Crippen molar-refractivity contribution in [2.24, 2.45) is 0 Å². The number of hydrogen-bond acceptors (Lipinski definition) is 3. The first kappa shape index (κ1) is 14.9. The molecule has 0 fully saturated rings. The van der Waals surface area contributed by atoms with Gasteiger partial charge in [0.05, 0.1) is 12.8 Å². The van der Waals surface area contributed by atoms with E-state index in [1.54, 1.807) is 24.4 Å². The van der Waals surface area contributed by atoms with E-state index in [2.05, 4.69) is 0 Å². The normalized spacial score (nSPS) is 10.5. The van der Waals surface area contributed by atoms with Gasteiger partial charge in [0.2, 0.25) is 0 Å². The van der Waals surface area contributed by atoms with Crippen molar-refractivity contribution in [2.75, 3.05) is 7.11 Å². The largest absolute Gasteiger partial charge is 0.504 e. The number of methoxy groups -OCH3 is 1. The van der Waals surface area contributed by atoms with Crippen molar-refractivity contribution < 1.29 is 9.84 Å². The number of aromatic hydroxyl groups is 1. The maximum absolute atomic E-state index is 12.4. The second kappa shape index (κ2) is 6.01. The van der Waals surface area contributed by atoms with Gasteiger partial charge in [-0.15, -0.1) is 0 Å².